The van der Waals surface area contributed by atoms with Crippen LogP contribution >= 0.6 is 9.47 Å². The average Bonchev–Trinajstić information content (AvgIpc) is 2.75. The first-order chi connectivity index (χ1) is 14.4. The molecule has 1 N–H and O–H groups in total. The summed E-state index contributed by atoms with van der Waals surface area (Å²) in [5.74, 6) is -0.866. The fraction of sp³-hybridized carbons (Fsp3) is 0.381. The first-order valence-electron chi connectivity index (χ1n) is 9.91. The van der Waals surface area contributed by atoms with Crippen LogP contribution in [0.1, 0.15) is 39.8 Å². The second-order valence-electron chi connectivity index (χ2n) is 7.80. The van der Waals surface area contributed by atoms with Gasteiger partial charge in [-0.2, -0.15) is 0 Å². The van der Waals surface area contributed by atoms with Crippen LogP contribution in [0.3, 0.4) is 0 Å². The van der Waals surface area contributed by atoms with E-state index in [4.69, 9.17) is 4.52 Å². The van der Waals surface area contributed by atoms with Crippen molar-refractivity contribution in [2.45, 2.75) is 38.6 Å². The molecule has 3 heterocycles. The molecule has 0 aliphatic carbocycles. The van der Waals surface area contributed by atoms with Crippen molar-refractivity contribution < 1.29 is 14.1 Å². The molecular weight excluding hydrogens is 403 g/mol. The Morgan fingerprint density at radius 3 is 2.70 bits per heavy atom. The van der Waals surface area contributed by atoms with E-state index in [0.717, 1.165) is 18.5 Å². The lowest BCUT2D eigenvalue weighted by atomic mass is 10.0. The molecule has 30 heavy (non-hydrogen) atoms. The number of amides is 2. The standard InChI is InChI=1S/C21H25N4O4P/c1-13-8-9-23(2)16-12-24-11-15(20(27)22-10-14-6-4-3-5-7-14)18(26)19(29-30)17(24)21(28)25(13)16/h3-7,11,13,16H,8-10,12,30H2,1-2H3,(H,22,27)/t13-,16-/m0/s1. The fourth-order valence-corrected chi connectivity index (χ4v) is 4.41. The summed E-state index contributed by atoms with van der Waals surface area (Å²) in [6, 6.07) is 9.51. The largest absolute Gasteiger partial charge is 0.474 e. The second kappa shape index (κ2) is 8.20. The van der Waals surface area contributed by atoms with Crippen molar-refractivity contribution in [3.63, 3.8) is 0 Å². The number of carbonyl (C=O) groups is 2. The van der Waals surface area contributed by atoms with Gasteiger partial charge in [0.15, 0.2) is 11.4 Å². The first-order valence-corrected chi connectivity index (χ1v) is 10.4. The zero-order valence-electron chi connectivity index (χ0n) is 17.0. The topological polar surface area (TPSA) is 83.9 Å². The molecule has 2 aliphatic heterocycles. The van der Waals surface area contributed by atoms with Crippen LogP contribution in [0.15, 0.2) is 41.3 Å². The molecule has 3 atom stereocenters. The lowest BCUT2D eigenvalue weighted by Gasteiger charge is -2.49. The van der Waals surface area contributed by atoms with Crippen molar-refractivity contribution in [3.8, 4) is 5.75 Å². The highest BCUT2D eigenvalue weighted by Crippen LogP contribution is 2.31. The van der Waals surface area contributed by atoms with Gasteiger partial charge in [-0.3, -0.25) is 19.3 Å². The van der Waals surface area contributed by atoms with Crippen molar-refractivity contribution >= 4 is 21.3 Å². The predicted octanol–water partition coefficient (Wildman–Crippen LogP) is 1.45. The van der Waals surface area contributed by atoms with Gasteiger partial charge >= 0.3 is 0 Å². The molecule has 0 spiro atoms. The van der Waals surface area contributed by atoms with Crippen LogP contribution in [0.25, 0.3) is 0 Å². The maximum absolute atomic E-state index is 13.3. The van der Waals surface area contributed by atoms with Crippen LogP contribution < -0.4 is 15.3 Å². The number of likely N-dealkylation sites (N-methyl/N-ethyl adjacent to an activating group) is 1. The third-order valence-electron chi connectivity index (χ3n) is 5.90. The number of nitrogens with zero attached hydrogens (tertiary/aromatic N) is 3. The number of rotatable bonds is 4. The lowest BCUT2D eigenvalue weighted by molar-refractivity contribution is -0.0207. The summed E-state index contributed by atoms with van der Waals surface area (Å²) in [4.78, 5) is 43.0. The fourth-order valence-electron chi connectivity index (χ4n) is 4.19. The summed E-state index contributed by atoms with van der Waals surface area (Å²) >= 11 is 0. The molecule has 0 radical (unpaired) electrons. The second-order valence-corrected chi connectivity index (χ2v) is 8.04. The van der Waals surface area contributed by atoms with Crippen LogP contribution in [0.5, 0.6) is 5.75 Å². The summed E-state index contributed by atoms with van der Waals surface area (Å²) in [6.07, 6.45) is 2.21. The minimum absolute atomic E-state index is 0.0418. The molecule has 2 aromatic rings. The Bertz CT molecular complexity index is 1040. The Balaban J connectivity index is 1.70. The van der Waals surface area contributed by atoms with E-state index in [-0.39, 0.29) is 35.1 Å². The zero-order valence-corrected chi connectivity index (χ0v) is 18.2. The summed E-state index contributed by atoms with van der Waals surface area (Å²) < 4.78 is 6.93. The Morgan fingerprint density at radius 2 is 2.00 bits per heavy atom. The van der Waals surface area contributed by atoms with Gasteiger partial charge in [-0.1, -0.05) is 30.3 Å². The maximum Gasteiger partial charge on any atom is 0.276 e. The van der Waals surface area contributed by atoms with Gasteiger partial charge in [0.1, 0.15) is 11.7 Å². The van der Waals surface area contributed by atoms with Crippen molar-refractivity contribution in [1.29, 1.82) is 0 Å². The Hall–Kier alpha value is -2.70. The molecule has 1 unspecified atom stereocenters. The Morgan fingerprint density at radius 1 is 1.27 bits per heavy atom. The van der Waals surface area contributed by atoms with E-state index < -0.39 is 11.3 Å². The number of hydrogen-bond acceptors (Lipinski definition) is 5. The number of aromatic nitrogens is 1. The maximum atomic E-state index is 13.3. The highest BCUT2D eigenvalue weighted by molar-refractivity contribution is 7.10. The molecular formula is C21H25N4O4P. The Labute approximate surface area is 177 Å². The molecule has 0 saturated carbocycles. The molecule has 4 rings (SSSR count). The monoisotopic (exact) mass is 428 g/mol. The van der Waals surface area contributed by atoms with Gasteiger partial charge in [0.05, 0.1) is 16.0 Å². The zero-order chi connectivity index (χ0) is 21.4. The van der Waals surface area contributed by atoms with Crippen LogP contribution in [0.4, 0.5) is 0 Å². The van der Waals surface area contributed by atoms with Gasteiger partial charge in [-0.05, 0) is 26.0 Å². The lowest BCUT2D eigenvalue weighted by Crippen LogP contribution is -2.62. The van der Waals surface area contributed by atoms with Gasteiger partial charge in [0, 0.05) is 25.3 Å². The molecule has 1 aromatic heterocycles. The van der Waals surface area contributed by atoms with Gasteiger partial charge in [0.25, 0.3) is 11.8 Å². The van der Waals surface area contributed by atoms with E-state index in [1.54, 1.807) is 9.47 Å². The number of pyridine rings is 1. The predicted molar refractivity (Wildman–Crippen MR) is 115 cm³/mol. The van der Waals surface area contributed by atoms with Crippen LogP contribution in [-0.2, 0) is 13.1 Å². The molecule has 2 amide bonds. The molecule has 1 saturated heterocycles. The number of fused-ring (bicyclic) bond motifs is 2. The SMILES string of the molecule is C[C@H]1CCN(C)[C@@H]2Cn3cc(C(=O)NCc4ccccc4)c(=O)c(OP)c3C(=O)N12. The van der Waals surface area contributed by atoms with Gasteiger partial charge in [-0.25, -0.2) is 0 Å². The highest BCUT2D eigenvalue weighted by atomic mass is 31.0. The summed E-state index contributed by atoms with van der Waals surface area (Å²) in [5.41, 5.74) is 0.481. The van der Waals surface area contributed by atoms with Crippen molar-refractivity contribution in [1.82, 2.24) is 19.7 Å². The number of carbonyl (C=O) groups excluding carboxylic acids is 2. The summed E-state index contributed by atoms with van der Waals surface area (Å²) in [6.45, 7) is 3.65. The van der Waals surface area contributed by atoms with Crippen LogP contribution in [-0.4, -0.2) is 52.0 Å². The minimum atomic E-state index is -0.591. The van der Waals surface area contributed by atoms with E-state index in [9.17, 15) is 14.4 Å². The third kappa shape index (κ3) is 3.50. The molecule has 2 aliphatic rings. The van der Waals surface area contributed by atoms with Crippen LogP contribution in [0.2, 0.25) is 0 Å². The van der Waals surface area contributed by atoms with Crippen molar-refractivity contribution in [2.24, 2.45) is 0 Å². The normalized spacial score (nSPS) is 21.0. The van der Waals surface area contributed by atoms with Gasteiger partial charge in [-0.15, -0.1) is 0 Å². The van der Waals surface area contributed by atoms with E-state index in [1.165, 1.54) is 6.20 Å². The van der Waals surface area contributed by atoms with E-state index in [1.807, 2.05) is 53.8 Å². The van der Waals surface area contributed by atoms with Gasteiger partial charge < -0.3 is 19.3 Å². The van der Waals surface area contributed by atoms with E-state index in [0.29, 0.717) is 13.1 Å². The summed E-state index contributed by atoms with van der Waals surface area (Å²) in [5, 5.41) is 2.78. The highest BCUT2D eigenvalue weighted by Gasteiger charge is 2.42. The number of benzene rings is 1. The molecule has 158 valence electrons. The molecule has 8 nitrogen and oxygen atoms in total. The summed E-state index contributed by atoms with van der Waals surface area (Å²) in [7, 11) is 4.00. The number of nitrogens with one attached hydrogen (secondary N) is 1. The number of hydrogen-bond donors (Lipinski definition) is 1. The molecule has 0 bridgehead atoms. The minimum Gasteiger partial charge on any atom is -0.474 e. The third-order valence-corrected chi connectivity index (χ3v) is 6.13. The van der Waals surface area contributed by atoms with Crippen LogP contribution in [0, 0.1) is 0 Å². The van der Waals surface area contributed by atoms with E-state index in [2.05, 4.69) is 10.2 Å². The molecule has 1 aromatic carbocycles. The van der Waals surface area contributed by atoms with Crippen molar-refractivity contribution in [2.75, 3.05) is 13.6 Å². The first kappa shape index (κ1) is 20.6. The Kier molecular flexibility index (Phi) is 5.62. The molecule has 1 fully saturated rings. The van der Waals surface area contributed by atoms with Gasteiger partial charge in [0.2, 0.25) is 5.43 Å². The molecule has 9 heteroatoms. The van der Waals surface area contributed by atoms with E-state index >= 15 is 0 Å². The van der Waals surface area contributed by atoms with Crippen molar-refractivity contribution in [3.05, 3.63) is 63.6 Å². The smallest absolute Gasteiger partial charge is 0.276 e. The average molecular weight is 428 g/mol. The quantitative estimate of drug-likeness (QED) is 0.746.